The van der Waals surface area contributed by atoms with E-state index in [0.717, 1.165) is 17.0 Å². The minimum Gasteiger partial charge on any atom is -0.461 e. The molecule has 4 heterocycles. The number of thioether (sulfide) groups is 2. The van der Waals surface area contributed by atoms with Crippen LogP contribution in [0.15, 0.2) is 98.2 Å². The van der Waals surface area contributed by atoms with Crippen molar-refractivity contribution < 1.29 is 27.2 Å². The van der Waals surface area contributed by atoms with E-state index in [-0.39, 0.29) is 34.4 Å². The normalized spacial score (nSPS) is 12.9. The lowest BCUT2D eigenvalue weighted by Gasteiger charge is -2.16. The van der Waals surface area contributed by atoms with Crippen LogP contribution in [0.1, 0.15) is 70.3 Å². The van der Waals surface area contributed by atoms with Crippen molar-refractivity contribution in [1.29, 1.82) is 0 Å². The van der Waals surface area contributed by atoms with Gasteiger partial charge in [-0.05, 0) is 104 Å². The summed E-state index contributed by atoms with van der Waals surface area (Å²) in [6, 6.07) is 21.7. The van der Waals surface area contributed by atoms with Crippen LogP contribution in [-0.2, 0) is 29.1 Å². The topological polar surface area (TPSA) is 146 Å². The van der Waals surface area contributed by atoms with E-state index in [0.29, 0.717) is 53.8 Å². The number of nitrogens with one attached hydrogen (secondary N) is 2. The number of carbonyl (C=O) groups is 2. The van der Waals surface area contributed by atoms with Crippen LogP contribution >= 0.6 is 23.5 Å². The van der Waals surface area contributed by atoms with Gasteiger partial charge in [0.25, 0.3) is 0 Å². The first-order valence-electron chi connectivity index (χ1n) is 17.9. The average molecular weight is 789 g/mol. The Bertz CT molecular complexity index is 2210. The highest BCUT2D eigenvalue weighted by Crippen LogP contribution is 2.38. The van der Waals surface area contributed by atoms with E-state index in [1.54, 1.807) is 43.3 Å². The lowest BCUT2D eigenvalue weighted by atomic mass is 9.96. The van der Waals surface area contributed by atoms with Gasteiger partial charge in [-0.25, -0.2) is 0 Å². The molecule has 6 rings (SSSR count). The van der Waals surface area contributed by atoms with Crippen LogP contribution in [0.5, 0.6) is 0 Å². The van der Waals surface area contributed by atoms with Crippen LogP contribution in [-0.4, -0.2) is 51.8 Å². The van der Waals surface area contributed by atoms with Crippen molar-refractivity contribution in [2.75, 3.05) is 10.6 Å². The second-order valence-electron chi connectivity index (χ2n) is 13.2. The first-order chi connectivity index (χ1) is 26.4. The third-order valence-corrected chi connectivity index (χ3v) is 10.9. The largest absolute Gasteiger partial charge is 0.461 e. The lowest BCUT2D eigenvalue weighted by molar-refractivity contribution is -0.129. The van der Waals surface area contributed by atoms with Crippen molar-refractivity contribution >= 4 is 46.7 Å². The third kappa shape index (κ3) is 9.19. The van der Waals surface area contributed by atoms with Gasteiger partial charge in [-0.2, -0.15) is 8.78 Å². The van der Waals surface area contributed by atoms with Crippen molar-refractivity contribution in [2.24, 2.45) is 0 Å². The van der Waals surface area contributed by atoms with Crippen LogP contribution < -0.4 is 10.6 Å². The molecule has 0 fully saturated rings. The Morgan fingerprint density at radius 1 is 0.764 bits per heavy atom. The van der Waals surface area contributed by atoms with E-state index in [9.17, 15) is 9.59 Å². The summed E-state index contributed by atoms with van der Waals surface area (Å²) in [5.74, 6) is 1.32. The molecule has 288 valence electrons. The van der Waals surface area contributed by atoms with Crippen molar-refractivity contribution in [3.05, 3.63) is 95.9 Å². The van der Waals surface area contributed by atoms with Gasteiger partial charge in [0.15, 0.2) is 33.5 Å². The molecular weight excluding hydrogens is 747 g/mol. The molecular formula is C39H42F2N8O4S2. The van der Waals surface area contributed by atoms with E-state index in [4.69, 9.17) is 8.83 Å². The number of halogens is 2. The fourth-order valence-electron chi connectivity index (χ4n) is 5.77. The zero-order valence-electron chi connectivity index (χ0n) is 31.2. The smallest absolute Gasteiger partial charge is 0.378 e. The zero-order valence-corrected chi connectivity index (χ0v) is 32.9. The second kappa shape index (κ2) is 17.1. The van der Waals surface area contributed by atoms with Gasteiger partial charge >= 0.3 is 11.2 Å². The number of alkyl halides is 2. The van der Waals surface area contributed by atoms with E-state index in [1.165, 1.54) is 28.2 Å². The van der Waals surface area contributed by atoms with Crippen molar-refractivity contribution in [2.45, 2.75) is 93.7 Å². The third-order valence-electron chi connectivity index (χ3n) is 8.91. The molecule has 0 spiro atoms. The highest BCUT2D eigenvalue weighted by atomic mass is 32.2. The van der Waals surface area contributed by atoms with Gasteiger partial charge < -0.3 is 19.5 Å². The first kappa shape index (κ1) is 39.5. The molecule has 2 atom stereocenters. The molecule has 2 N–H and O–H groups in total. The predicted octanol–water partition coefficient (Wildman–Crippen LogP) is 9.34. The summed E-state index contributed by atoms with van der Waals surface area (Å²) >= 11 is 1.35. The summed E-state index contributed by atoms with van der Waals surface area (Å²) in [6.07, 6.45) is 2.01. The van der Waals surface area contributed by atoms with Crippen LogP contribution in [0.2, 0.25) is 0 Å². The molecule has 0 aliphatic carbocycles. The fraction of sp³-hybridized carbons (Fsp3) is 0.333. The quantitative estimate of drug-likeness (QED) is 0.0910. The molecule has 2 aromatic carbocycles. The Labute approximate surface area is 325 Å². The summed E-state index contributed by atoms with van der Waals surface area (Å²) in [6.45, 7) is 12.7. The van der Waals surface area contributed by atoms with E-state index < -0.39 is 16.4 Å². The number of carbonyl (C=O) groups excluding carboxylic acids is 2. The lowest BCUT2D eigenvalue weighted by Crippen LogP contribution is -2.31. The number of hydrogen-bond donors (Lipinski definition) is 2. The molecule has 12 nitrogen and oxygen atoms in total. The summed E-state index contributed by atoms with van der Waals surface area (Å²) < 4.78 is 45.1. The van der Waals surface area contributed by atoms with Crippen LogP contribution in [0.3, 0.4) is 0 Å². The predicted molar refractivity (Wildman–Crippen MR) is 209 cm³/mol. The van der Waals surface area contributed by atoms with Gasteiger partial charge in [0.2, 0.25) is 5.91 Å². The maximum Gasteiger partial charge on any atom is 0.378 e. The van der Waals surface area contributed by atoms with Crippen LogP contribution in [0, 0.1) is 0 Å². The number of anilines is 2. The molecule has 0 aliphatic heterocycles. The second-order valence-corrected chi connectivity index (χ2v) is 15.6. The molecule has 2 unspecified atom stereocenters. The average Bonchev–Trinajstić information content (AvgIpc) is 3.99. The van der Waals surface area contributed by atoms with Gasteiger partial charge in [0.1, 0.15) is 5.76 Å². The minimum absolute atomic E-state index is 0.000565. The zero-order chi connectivity index (χ0) is 39.3. The maximum absolute atomic E-state index is 15.1. The number of rotatable bonds is 16. The summed E-state index contributed by atoms with van der Waals surface area (Å²) in [7, 11) is 0. The first-order valence-corrected chi connectivity index (χ1v) is 19.6. The summed E-state index contributed by atoms with van der Waals surface area (Å²) in [5.41, 5.74) is 3.10. The minimum atomic E-state index is -3.82. The number of aromatic nitrogens is 6. The molecule has 0 saturated carbocycles. The molecule has 0 saturated heterocycles. The van der Waals surface area contributed by atoms with Crippen molar-refractivity contribution in [1.82, 2.24) is 29.5 Å². The molecule has 0 aliphatic rings. The maximum atomic E-state index is 15.1. The molecule has 6 aromatic rings. The van der Waals surface area contributed by atoms with Gasteiger partial charge in [-0.3, -0.25) is 18.7 Å². The molecule has 0 radical (unpaired) electrons. The van der Waals surface area contributed by atoms with Crippen LogP contribution in [0.25, 0.3) is 23.2 Å². The van der Waals surface area contributed by atoms with Gasteiger partial charge in [-0.1, -0.05) is 56.8 Å². The molecule has 0 bridgehead atoms. The van der Waals surface area contributed by atoms with Gasteiger partial charge in [0.05, 0.1) is 11.5 Å². The number of hydrogen-bond acceptors (Lipinski definition) is 10. The number of benzene rings is 2. The molecule has 4 aromatic heterocycles. The number of amides is 2. The Balaban J connectivity index is 1.04. The highest BCUT2D eigenvalue weighted by molar-refractivity contribution is 8.01. The molecule has 2 amide bonds. The number of nitrogens with zero attached hydrogens (tertiary/aromatic N) is 6. The molecule has 55 heavy (non-hydrogen) atoms. The van der Waals surface area contributed by atoms with Crippen molar-refractivity contribution in [3.63, 3.8) is 0 Å². The Morgan fingerprint density at radius 2 is 1.36 bits per heavy atom. The highest BCUT2D eigenvalue weighted by Gasteiger charge is 2.42. The molecule has 16 heteroatoms. The van der Waals surface area contributed by atoms with E-state index in [1.807, 2.05) is 61.7 Å². The van der Waals surface area contributed by atoms with E-state index >= 15 is 8.78 Å². The Hall–Kier alpha value is -5.22. The Morgan fingerprint density at radius 3 is 1.98 bits per heavy atom. The fourth-order valence-corrected chi connectivity index (χ4v) is 7.47. The number of furan rings is 2. The van der Waals surface area contributed by atoms with Gasteiger partial charge in [0, 0.05) is 30.9 Å². The van der Waals surface area contributed by atoms with E-state index in [2.05, 4.69) is 44.9 Å². The SMILES string of the molecule is CCn1c(SC(C)C(=O)Nc2ccc(C(C)C)cc2)nnc1-c1ccc(CC(C)c2ccc(NC(=O)C(F)(F)Sc3nnc(-c4ccco4)n3CC)cc2)o1. The van der Waals surface area contributed by atoms with Gasteiger partial charge in [-0.15, -0.1) is 20.4 Å². The van der Waals surface area contributed by atoms with Crippen LogP contribution in [0.4, 0.5) is 20.2 Å². The summed E-state index contributed by atoms with van der Waals surface area (Å²) in [5, 5.41) is 18.2. The van der Waals surface area contributed by atoms with Crippen molar-refractivity contribution in [3.8, 4) is 23.2 Å². The summed E-state index contributed by atoms with van der Waals surface area (Å²) in [4.78, 5) is 25.7. The standard InChI is InChI=1S/C39H42F2N8O4S2/c1-7-48-34(45-46-37(48)54-25(6)35(50)42-28-15-11-26(12-16-28)23(3)4)32-20-19-30(53-32)22-24(5)27-13-17-29(18-14-27)43-36(51)39(40,41)55-38-47-44-33(49(38)8-2)31-10-9-21-52-31/h9-21,23-25H,7-8,22H2,1-6H3,(H,42,50)(H,43,51). The Kier molecular flexibility index (Phi) is 12.2. The monoisotopic (exact) mass is 788 g/mol.